The van der Waals surface area contributed by atoms with Crippen LogP contribution in [0.5, 0.6) is 5.75 Å². The lowest BCUT2D eigenvalue weighted by Crippen LogP contribution is -2.45. The normalized spacial score (nSPS) is 27.2. The first-order valence-corrected chi connectivity index (χ1v) is 11.5. The molecule has 0 bridgehead atoms. The fourth-order valence-corrected chi connectivity index (χ4v) is 4.77. The van der Waals surface area contributed by atoms with Crippen molar-refractivity contribution in [3.8, 4) is 5.75 Å². The Morgan fingerprint density at radius 1 is 1.35 bits per heavy atom. The summed E-state index contributed by atoms with van der Waals surface area (Å²) in [5.41, 5.74) is 1.43. The Kier molecular flexibility index (Phi) is 7.00. The van der Waals surface area contributed by atoms with E-state index in [4.69, 9.17) is 21.1 Å². The summed E-state index contributed by atoms with van der Waals surface area (Å²) in [4.78, 5) is 26.3. The summed E-state index contributed by atoms with van der Waals surface area (Å²) < 4.78 is 52.1. The van der Waals surface area contributed by atoms with Crippen LogP contribution < -0.4 is 10.1 Å². The number of hydrogen-bond donors (Lipinski definition) is 1. The van der Waals surface area contributed by atoms with Gasteiger partial charge >= 0.3 is 12.5 Å². The van der Waals surface area contributed by atoms with E-state index in [1.807, 2.05) is 6.07 Å². The Morgan fingerprint density at radius 2 is 2.09 bits per heavy atom. The molecule has 0 radical (unpaired) electrons. The Morgan fingerprint density at radius 3 is 2.79 bits per heavy atom. The van der Waals surface area contributed by atoms with Gasteiger partial charge in [0.1, 0.15) is 11.9 Å². The predicted molar refractivity (Wildman–Crippen MR) is 116 cm³/mol. The van der Waals surface area contributed by atoms with E-state index in [0.717, 1.165) is 5.56 Å². The molecule has 3 aliphatic rings. The number of amides is 2. The number of halogens is 4. The van der Waals surface area contributed by atoms with Crippen molar-refractivity contribution in [2.75, 3.05) is 6.54 Å². The SMILES string of the molecule is C=C(CC(C)NC(=O)C1CCc2cc(Cl)ccc2O1)N1CC(C2CC(OC(F)(F)F)C2)OC1=O. The van der Waals surface area contributed by atoms with E-state index in [-0.39, 0.29) is 37.3 Å². The number of rotatable bonds is 7. The van der Waals surface area contributed by atoms with E-state index in [1.54, 1.807) is 19.1 Å². The lowest BCUT2D eigenvalue weighted by Gasteiger charge is -2.37. The maximum Gasteiger partial charge on any atom is 0.522 e. The van der Waals surface area contributed by atoms with Crippen molar-refractivity contribution in [2.24, 2.45) is 5.92 Å². The second-order valence-electron chi connectivity index (χ2n) is 9.03. The quantitative estimate of drug-likeness (QED) is 0.590. The third-order valence-electron chi connectivity index (χ3n) is 6.36. The zero-order valence-corrected chi connectivity index (χ0v) is 19.3. The van der Waals surface area contributed by atoms with E-state index in [1.165, 1.54) is 4.90 Å². The molecule has 186 valence electrons. The molecule has 2 amide bonds. The number of alkyl halides is 3. The van der Waals surface area contributed by atoms with Gasteiger partial charge in [-0.1, -0.05) is 18.2 Å². The van der Waals surface area contributed by atoms with E-state index >= 15 is 0 Å². The van der Waals surface area contributed by atoms with Gasteiger partial charge in [-0.25, -0.2) is 4.79 Å². The summed E-state index contributed by atoms with van der Waals surface area (Å²) in [5, 5.41) is 3.51. The number of aryl methyl sites for hydroxylation is 1. The Balaban J connectivity index is 1.22. The van der Waals surface area contributed by atoms with Crippen LogP contribution in [0.1, 0.15) is 38.2 Å². The largest absolute Gasteiger partial charge is 0.522 e. The average molecular weight is 503 g/mol. The number of benzene rings is 1. The Labute approximate surface area is 200 Å². The molecule has 0 spiro atoms. The van der Waals surface area contributed by atoms with E-state index < -0.39 is 30.8 Å². The first kappa shape index (κ1) is 24.7. The molecule has 7 nitrogen and oxygen atoms in total. The lowest BCUT2D eigenvalue weighted by atomic mass is 9.78. The smallest absolute Gasteiger partial charge is 0.480 e. The van der Waals surface area contributed by atoms with E-state index in [0.29, 0.717) is 35.7 Å². The molecule has 2 aliphatic heterocycles. The second-order valence-corrected chi connectivity index (χ2v) is 9.46. The minimum atomic E-state index is -4.66. The molecule has 2 heterocycles. The predicted octanol–water partition coefficient (Wildman–Crippen LogP) is 4.58. The van der Waals surface area contributed by atoms with Crippen LogP contribution in [0.15, 0.2) is 30.5 Å². The molecule has 2 fully saturated rings. The monoisotopic (exact) mass is 502 g/mol. The average Bonchev–Trinajstić information content (AvgIpc) is 3.10. The number of ether oxygens (including phenoxy) is 3. The van der Waals surface area contributed by atoms with Crippen LogP contribution >= 0.6 is 11.6 Å². The highest BCUT2D eigenvalue weighted by molar-refractivity contribution is 6.30. The topological polar surface area (TPSA) is 77.1 Å². The molecule has 34 heavy (non-hydrogen) atoms. The van der Waals surface area contributed by atoms with Crippen molar-refractivity contribution in [3.05, 3.63) is 41.1 Å². The zero-order chi connectivity index (χ0) is 24.6. The Hall–Kier alpha value is -2.46. The maximum atomic E-state index is 12.7. The van der Waals surface area contributed by atoms with Gasteiger partial charge in [0.2, 0.25) is 0 Å². The third-order valence-corrected chi connectivity index (χ3v) is 6.60. The minimum absolute atomic E-state index is 0.182. The highest BCUT2D eigenvalue weighted by Gasteiger charge is 2.47. The standard InChI is InChI=1S/C23H26ClF3N2O5/c1-12(28-21(30)19-5-3-14-8-16(24)4-6-18(14)32-19)7-13(2)29-11-20(33-22(29)31)15-9-17(10-15)34-23(25,26)27/h4,6,8,12,15,17,19-20H,2-3,5,7,9-11H2,1H3,(H,28,30). The van der Waals surface area contributed by atoms with Crippen molar-refractivity contribution < 1.29 is 37.0 Å². The fraction of sp³-hybridized carbons (Fsp3) is 0.565. The van der Waals surface area contributed by atoms with Crippen LogP contribution in [0.4, 0.5) is 18.0 Å². The zero-order valence-electron chi connectivity index (χ0n) is 18.6. The molecular formula is C23H26ClF3N2O5. The third kappa shape index (κ3) is 5.78. The summed E-state index contributed by atoms with van der Waals surface area (Å²) in [7, 11) is 0. The van der Waals surface area contributed by atoms with Gasteiger partial charge in [-0.15, -0.1) is 13.2 Å². The first-order valence-electron chi connectivity index (χ1n) is 11.1. The molecule has 11 heteroatoms. The van der Waals surface area contributed by atoms with Gasteiger partial charge in [0.25, 0.3) is 5.91 Å². The molecule has 1 saturated carbocycles. The molecule has 1 N–H and O–H groups in total. The van der Waals surface area contributed by atoms with Crippen LogP contribution in [-0.4, -0.2) is 54.2 Å². The summed E-state index contributed by atoms with van der Waals surface area (Å²) in [5.74, 6) is 0.193. The van der Waals surface area contributed by atoms with Crippen LogP contribution in [0.2, 0.25) is 5.02 Å². The van der Waals surface area contributed by atoms with Crippen molar-refractivity contribution in [2.45, 2.75) is 69.7 Å². The maximum absolute atomic E-state index is 12.7. The molecule has 1 aromatic rings. The van der Waals surface area contributed by atoms with E-state index in [2.05, 4.69) is 16.6 Å². The molecule has 1 aliphatic carbocycles. The molecule has 1 saturated heterocycles. The number of carbonyl (C=O) groups excluding carboxylic acids is 2. The number of fused-ring (bicyclic) bond motifs is 1. The van der Waals surface area contributed by atoms with E-state index in [9.17, 15) is 22.8 Å². The minimum Gasteiger partial charge on any atom is -0.480 e. The lowest BCUT2D eigenvalue weighted by molar-refractivity contribution is -0.355. The number of nitrogens with zero attached hydrogens (tertiary/aromatic N) is 1. The van der Waals surface area contributed by atoms with Crippen molar-refractivity contribution in [1.82, 2.24) is 10.2 Å². The van der Waals surface area contributed by atoms with Crippen LogP contribution in [0, 0.1) is 5.92 Å². The summed E-state index contributed by atoms with van der Waals surface area (Å²) in [6.45, 7) is 5.95. The molecule has 4 rings (SSSR count). The van der Waals surface area contributed by atoms with Gasteiger partial charge in [0, 0.05) is 29.1 Å². The van der Waals surface area contributed by atoms with Gasteiger partial charge in [-0.05, 0) is 56.4 Å². The Bertz CT molecular complexity index is 966. The number of carbonyl (C=O) groups is 2. The number of nitrogens with one attached hydrogen (secondary N) is 1. The van der Waals surface area contributed by atoms with Crippen LogP contribution in [0.25, 0.3) is 0 Å². The second kappa shape index (κ2) is 9.65. The molecule has 3 atom stereocenters. The van der Waals surface area contributed by atoms with Gasteiger partial charge in [0.05, 0.1) is 12.6 Å². The summed E-state index contributed by atoms with van der Waals surface area (Å²) in [6, 6.07) is 4.96. The van der Waals surface area contributed by atoms with Crippen LogP contribution in [-0.2, 0) is 20.7 Å². The number of cyclic esters (lactones) is 1. The van der Waals surface area contributed by atoms with Crippen LogP contribution in [0.3, 0.4) is 0 Å². The van der Waals surface area contributed by atoms with Gasteiger partial charge in [-0.3, -0.25) is 14.4 Å². The van der Waals surface area contributed by atoms with Gasteiger partial charge < -0.3 is 14.8 Å². The summed E-state index contributed by atoms with van der Waals surface area (Å²) >= 11 is 6.00. The van der Waals surface area contributed by atoms with Crippen molar-refractivity contribution in [3.63, 3.8) is 0 Å². The fourth-order valence-electron chi connectivity index (χ4n) is 4.58. The molecule has 3 unspecified atom stereocenters. The van der Waals surface area contributed by atoms with Gasteiger partial charge in [0.15, 0.2) is 6.10 Å². The molecule has 0 aromatic heterocycles. The highest BCUT2D eigenvalue weighted by atomic mass is 35.5. The molecular weight excluding hydrogens is 477 g/mol. The first-order chi connectivity index (χ1) is 16.0. The van der Waals surface area contributed by atoms with Crippen molar-refractivity contribution in [1.29, 1.82) is 0 Å². The number of hydrogen-bond acceptors (Lipinski definition) is 5. The highest BCUT2D eigenvalue weighted by Crippen LogP contribution is 2.40. The van der Waals surface area contributed by atoms with Gasteiger partial charge in [-0.2, -0.15) is 0 Å². The summed E-state index contributed by atoms with van der Waals surface area (Å²) in [6.07, 6.45) is -5.43. The molecule has 1 aromatic carbocycles. The van der Waals surface area contributed by atoms with Crippen molar-refractivity contribution >= 4 is 23.6 Å².